The first-order valence-electron chi connectivity index (χ1n) is 4.77. The monoisotopic (exact) mass is 154 g/mol. The maximum Gasteiger partial charge on any atom is 0.0459 e. The van der Waals surface area contributed by atoms with Gasteiger partial charge in [-0.25, -0.2) is 0 Å². The van der Waals surface area contributed by atoms with Crippen LogP contribution in [0.4, 0.5) is 0 Å². The molecular formula is C10H18O. The second-order valence-corrected chi connectivity index (χ2v) is 4.90. The Kier molecular flexibility index (Phi) is 1.54. The van der Waals surface area contributed by atoms with Gasteiger partial charge < -0.3 is 5.11 Å². The first kappa shape index (κ1) is 7.60. The number of hydrogen-bond acceptors (Lipinski definition) is 1. The topological polar surface area (TPSA) is 20.2 Å². The molecule has 0 aromatic heterocycles. The molecule has 1 N–H and O–H groups in total. The van der Waals surface area contributed by atoms with E-state index < -0.39 is 0 Å². The van der Waals surface area contributed by atoms with Gasteiger partial charge in [-0.05, 0) is 42.4 Å². The summed E-state index contributed by atoms with van der Waals surface area (Å²) in [6.45, 7) is 5.17. The lowest BCUT2D eigenvalue weighted by molar-refractivity contribution is 0.185. The van der Waals surface area contributed by atoms with E-state index in [-0.39, 0.29) is 0 Å². The lowest BCUT2D eigenvalue weighted by Gasteiger charge is -2.17. The SMILES string of the molecule is CC1(C)C2CCC(CO)CC21. The van der Waals surface area contributed by atoms with Crippen LogP contribution in [-0.2, 0) is 0 Å². The molecule has 2 rings (SSSR count). The molecule has 0 aromatic carbocycles. The molecule has 3 unspecified atom stereocenters. The fourth-order valence-electron chi connectivity index (χ4n) is 2.96. The fourth-order valence-corrected chi connectivity index (χ4v) is 2.96. The molecule has 1 heteroatoms. The molecule has 2 fully saturated rings. The van der Waals surface area contributed by atoms with Crippen molar-refractivity contribution in [2.24, 2.45) is 23.2 Å². The van der Waals surface area contributed by atoms with Crippen LogP contribution in [0.1, 0.15) is 33.1 Å². The minimum atomic E-state index is 0.416. The van der Waals surface area contributed by atoms with Crippen LogP contribution in [0.25, 0.3) is 0 Å². The second-order valence-electron chi connectivity index (χ2n) is 4.90. The van der Waals surface area contributed by atoms with E-state index in [9.17, 15) is 0 Å². The zero-order valence-corrected chi connectivity index (χ0v) is 7.51. The molecule has 0 heterocycles. The third-order valence-corrected chi connectivity index (χ3v) is 4.02. The highest BCUT2D eigenvalue weighted by molar-refractivity contribution is 5.07. The fraction of sp³-hybridized carbons (Fsp3) is 1.00. The van der Waals surface area contributed by atoms with Crippen LogP contribution in [0.3, 0.4) is 0 Å². The summed E-state index contributed by atoms with van der Waals surface area (Å²) in [6, 6.07) is 0. The van der Waals surface area contributed by atoms with Crippen molar-refractivity contribution in [3.05, 3.63) is 0 Å². The van der Waals surface area contributed by atoms with Crippen LogP contribution >= 0.6 is 0 Å². The number of aliphatic hydroxyl groups is 1. The van der Waals surface area contributed by atoms with E-state index in [1.165, 1.54) is 19.3 Å². The van der Waals surface area contributed by atoms with E-state index in [1.54, 1.807) is 0 Å². The molecule has 0 aliphatic heterocycles. The molecule has 11 heavy (non-hydrogen) atoms. The van der Waals surface area contributed by atoms with E-state index in [1.807, 2.05) is 0 Å². The molecule has 0 radical (unpaired) electrons. The summed E-state index contributed by atoms with van der Waals surface area (Å²) in [5.41, 5.74) is 0.615. The van der Waals surface area contributed by atoms with E-state index >= 15 is 0 Å². The van der Waals surface area contributed by atoms with Gasteiger partial charge in [0, 0.05) is 6.61 Å². The zero-order valence-electron chi connectivity index (χ0n) is 7.51. The molecule has 0 spiro atoms. The first-order chi connectivity index (χ1) is 5.16. The third-order valence-electron chi connectivity index (χ3n) is 4.02. The summed E-state index contributed by atoms with van der Waals surface area (Å²) in [7, 11) is 0. The largest absolute Gasteiger partial charge is 0.396 e. The molecule has 2 saturated carbocycles. The minimum Gasteiger partial charge on any atom is -0.396 e. The standard InChI is InChI=1S/C10H18O/c1-10(2)8-4-3-7(6-11)5-9(8)10/h7-9,11H,3-6H2,1-2H3. The van der Waals surface area contributed by atoms with Crippen LogP contribution in [-0.4, -0.2) is 11.7 Å². The highest BCUT2D eigenvalue weighted by Gasteiger charge is 2.58. The van der Waals surface area contributed by atoms with Crippen LogP contribution in [0.15, 0.2) is 0 Å². The molecule has 0 amide bonds. The molecule has 0 bridgehead atoms. The molecule has 0 aromatic rings. The number of aliphatic hydroxyl groups excluding tert-OH is 1. The third kappa shape index (κ3) is 1.01. The minimum absolute atomic E-state index is 0.416. The molecule has 2 aliphatic carbocycles. The number of hydrogen-bond donors (Lipinski definition) is 1. The molecular weight excluding hydrogens is 136 g/mol. The Labute approximate surface area is 68.8 Å². The summed E-state index contributed by atoms with van der Waals surface area (Å²) in [6.07, 6.45) is 3.91. The molecule has 3 atom stereocenters. The van der Waals surface area contributed by atoms with E-state index in [0.717, 1.165) is 11.8 Å². The van der Waals surface area contributed by atoms with E-state index in [2.05, 4.69) is 13.8 Å². The maximum atomic E-state index is 9.00. The normalized spacial score (nSPS) is 46.6. The van der Waals surface area contributed by atoms with Crippen molar-refractivity contribution in [2.45, 2.75) is 33.1 Å². The Morgan fingerprint density at radius 2 is 2.00 bits per heavy atom. The Hall–Kier alpha value is -0.0400. The second kappa shape index (κ2) is 2.22. The Morgan fingerprint density at radius 1 is 1.27 bits per heavy atom. The molecule has 64 valence electrons. The van der Waals surface area contributed by atoms with Crippen molar-refractivity contribution in [2.75, 3.05) is 6.61 Å². The Balaban J connectivity index is 1.97. The van der Waals surface area contributed by atoms with Gasteiger partial charge in [0.2, 0.25) is 0 Å². The van der Waals surface area contributed by atoms with Crippen LogP contribution in [0.2, 0.25) is 0 Å². The van der Waals surface area contributed by atoms with Crippen LogP contribution in [0, 0.1) is 23.2 Å². The van der Waals surface area contributed by atoms with E-state index in [4.69, 9.17) is 5.11 Å². The van der Waals surface area contributed by atoms with Crippen LogP contribution < -0.4 is 0 Å². The lowest BCUT2D eigenvalue weighted by atomic mass is 9.90. The van der Waals surface area contributed by atoms with E-state index in [0.29, 0.717) is 17.9 Å². The van der Waals surface area contributed by atoms with Gasteiger partial charge in [-0.1, -0.05) is 13.8 Å². The average Bonchev–Trinajstić information content (AvgIpc) is 2.55. The summed E-state index contributed by atoms with van der Waals surface area (Å²) in [5, 5.41) is 9.00. The zero-order chi connectivity index (χ0) is 8.06. The van der Waals surface area contributed by atoms with Crippen molar-refractivity contribution < 1.29 is 5.11 Å². The maximum absolute atomic E-state index is 9.00. The summed E-state index contributed by atoms with van der Waals surface area (Å²) >= 11 is 0. The van der Waals surface area contributed by atoms with Gasteiger partial charge in [0.05, 0.1) is 0 Å². The first-order valence-corrected chi connectivity index (χ1v) is 4.77. The van der Waals surface area contributed by atoms with Gasteiger partial charge in [-0.15, -0.1) is 0 Å². The Morgan fingerprint density at radius 3 is 2.55 bits per heavy atom. The summed E-state index contributed by atoms with van der Waals surface area (Å²) < 4.78 is 0. The quantitative estimate of drug-likeness (QED) is 0.613. The highest BCUT2D eigenvalue weighted by Crippen LogP contribution is 2.65. The highest BCUT2D eigenvalue weighted by atomic mass is 16.3. The van der Waals surface area contributed by atoms with Gasteiger partial charge in [-0.2, -0.15) is 0 Å². The predicted molar refractivity (Wildman–Crippen MR) is 45.2 cm³/mol. The van der Waals surface area contributed by atoms with Gasteiger partial charge in [-0.3, -0.25) is 0 Å². The van der Waals surface area contributed by atoms with Crippen molar-refractivity contribution in [1.82, 2.24) is 0 Å². The average molecular weight is 154 g/mol. The van der Waals surface area contributed by atoms with Crippen molar-refractivity contribution in [1.29, 1.82) is 0 Å². The molecule has 0 saturated heterocycles. The van der Waals surface area contributed by atoms with Gasteiger partial charge in [0.15, 0.2) is 0 Å². The van der Waals surface area contributed by atoms with Gasteiger partial charge in [0.25, 0.3) is 0 Å². The van der Waals surface area contributed by atoms with Crippen molar-refractivity contribution >= 4 is 0 Å². The smallest absolute Gasteiger partial charge is 0.0459 e. The van der Waals surface area contributed by atoms with Crippen LogP contribution in [0.5, 0.6) is 0 Å². The molecule has 1 nitrogen and oxygen atoms in total. The van der Waals surface area contributed by atoms with Gasteiger partial charge >= 0.3 is 0 Å². The number of fused-ring (bicyclic) bond motifs is 1. The van der Waals surface area contributed by atoms with Gasteiger partial charge in [0.1, 0.15) is 0 Å². The van der Waals surface area contributed by atoms with Crippen molar-refractivity contribution in [3.63, 3.8) is 0 Å². The summed E-state index contributed by atoms with van der Waals surface area (Å²) in [4.78, 5) is 0. The number of rotatable bonds is 1. The van der Waals surface area contributed by atoms with Crippen molar-refractivity contribution in [3.8, 4) is 0 Å². The lowest BCUT2D eigenvalue weighted by Crippen LogP contribution is -2.11. The molecule has 2 aliphatic rings. The predicted octanol–water partition coefficient (Wildman–Crippen LogP) is 2.05. The Bertz CT molecular complexity index is 162. The summed E-state index contributed by atoms with van der Waals surface area (Å²) in [5.74, 6) is 2.55.